The Labute approximate surface area is 118 Å². The van der Waals surface area contributed by atoms with Gasteiger partial charge in [-0.1, -0.05) is 0 Å². The van der Waals surface area contributed by atoms with E-state index < -0.39 is 0 Å². The zero-order valence-electron chi connectivity index (χ0n) is 11.7. The summed E-state index contributed by atoms with van der Waals surface area (Å²) in [6, 6.07) is 4.30. The number of ether oxygens (including phenoxy) is 1. The van der Waals surface area contributed by atoms with Crippen molar-refractivity contribution in [3.05, 3.63) is 18.3 Å². The molecule has 1 saturated heterocycles. The third-order valence-electron chi connectivity index (χ3n) is 3.65. The van der Waals surface area contributed by atoms with E-state index in [1.165, 1.54) is 0 Å². The van der Waals surface area contributed by atoms with E-state index in [9.17, 15) is 0 Å². The fourth-order valence-corrected chi connectivity index (χ4v) is 2.62. The molecule has 6 nitrogen and oxygen atoms in total. The van der Waals surface area contributed by atoms with Crippen LogP contribution in [-0.2, 0) is 4.74 Å². The largest absolute Gasteiger partial charge is 0.397 e. The van der Waals surface area contributed by atoms with Gasteiger partial charge < -0.3 is 15.8 Å². The maximum atomic E-state index is 6.09. The summed E-state index contributed by atoms with van der Waals surface area (Å²) in [5.41, 5.74) is 8.81. The Balaban J connectivity index is 1.66. The predicted molar refractivity (Wildman–Crippen MR) is 80.8 cm³/mol. The molecule has 0 radical (unpaired) electrons. The van der Waals surface area contributed by atoms with Crippen LogP contribution in [-0.4, -0.2) is 54.0 Å². The summed E-state index contributed by atoms with van der Waals surface area (Å²) < 4.78 is 5.36. The number of hydrogen-bond acceptors (Lipinski definition) is 5. The minimum absolute atomic E-state index is 0.329. The summed E-state index contributed by atoms with van der Waals surface area (Å²) in [6.45, 7) is 6.82. The lowest BCUT2D eigenvalue weighted by Gasteiger charge is -2.30. The molecule has 0 bridgehead atoms. The van der Waals surface area contributed by atoms with E-state index >= 15 is 0 Å². The third kappa shape index (κ3) is 2.86. The van der Waals surface area contributed by atoms with Gasteiger partial charge in [-0.3, -0.25) is 10.00 Å². The molecule has 1 aromatic heterocycles. The van der Waals surface area contributed by atoms with E-state index in [1.807, 2.05) is 12.1 Å². The molecule has 0 aliphatic carbocycles. The van der Waals surface area contributed by atoms with Gasteiger partial charge in [-0.2, -0.15) is 5.10 Å². The third-order valence-corrected chi connectivity index (χ3v) is 3.65. The van der Waals surface area contributed by atoms with Gasteiger partial charge in [0.2, 0.25) is 0 Å². The van der Waals surface area contributed by atoms with E-state index in [4.69, 9.17) is 10.5 Å². The fraction of sp³-hybridized carbons (Fsp3) is 0.500. The van der Waals surface area contributed by atoms with Crippen LogP contribution in [0.2, 0.25) is 0 Å². The molecule has 1 fully saturated rings. The smallest absolute Gasteiger partial charge is 0.0672 e. The van der Waals surface area contributed by atoms with E-state index in [2.05, 4.69) is 27.3 Å². The first-order chi connectivity index (χ1) is 9.72. The summed E-state index contributed by atoms with van der Waals surface area (Å²) in [4.78, 5) is 2.41. The van der Waals surface area contributed by atoms with Crippen molar-refractivity contribution in [3.63, 3.8) is 0 Å². The molecule has 1 atom stereocenters. The molecule has 20 heavy (non-hydrogen) atoms. The molecule has 2 aromatic rings. The number of morpholine rings is 1. The maximum Gasteiger partial charge on any atom is 0.0672 e. The Morgan fingerprint density at radius 2 is 2.25 bits per heavy atom. The van der Waals surface area contributed by atoms with Crippen LogP contribution in [0, 0.1) is 0 Å². The van der Waals surface area contributed by atoms with Gasteiger partial charge in [-0.25, -0.2) is 0 Å². The van der Waals surface area contributed by atoms with Gasteiger partial charge in [0.15, 0.2) is 0 Å². The Morgan fingerprint density at radius 1 is 1.45 bits per heavy atom. The van der Waals surface area contributed by atoms with Crippen LogP contribution >= 0.6 is 0 Å². The normalized spacial score (nSPS) is 18.2. The summed E-state index contributed by atoms with van der Waals surface area (Å²) in [5, 5.41) is 11.5. The van der Waals surface area contributed by atoms with Crippen molar-refractivity contribution >= 4 is 22.3 Å². The van der Waals surface area contributed by atoms with Crippen molar-refractivity contribution in [2.24, 2.45) is 0 Å². The van der Waals surface area contributed by atoms with Crippen LogP contribution in [0.25, 0.3) is 10.9 Å². The second kappa shape index (κ2) is 5.68. The Morgan fingerprint density at radius 3 is 3.05 bits per heavy atom. The minimum atomic E-state index is 0.329. The highest BCUT2D eigenvalue weighted by Gasteiger charge is 2.14. The van der Waals surface area contributed by atoms with Crippen molar-refractivity contribution in [3.8, 4) is 0 Å². The number of benzene rings is 1. The van der Waals surface area contributed by atoms with Crippen LogP contribution in [0.4, 0.5) is 11.4 Å². The van der Waals surface area contributed by atoms with Crippen molar-refractivity contribution in [2.45, 2.75) is 13.0 Å². The standard InChI is InChI=1S/C14H21N5O/c1-10(9-19-2-4-20-5-3-19)17-14-7-13-11(6-12(14)15)8-16-18-13/h6-8,10,17H,2-5,9,15H2,1H3,(H,16,18). The molecule has 1 aromatic carbocycles. The first-order valence-corrected chi connectivity index (χ1v) is 7.01. The van der Waals surface area contributed by atoms with Crippen LogP contribution in [0.15, 0.2) is 18.3 Å². The lowest BCUT2D eigenvalue weighted by molar-refractivity contribution is 0.0368. The minimum Gasteiger partial charge on any atom is -0.397 e. The molecule has 4 N–H and O–H groups in total. The zero-order chi connectivity index (χ0) is 13.9. The van der Waals surface area contributed by atoms with E-state index in [1.54, 1.807) is 6.20 Å². The average Bonchev–Trinajstić information content (AvgIpc) is 2.87. The van der Waals surface area contributed by atoms with Gasteiger partial charge in [-0.05, 0) is 19.1 Å². The number of rotatable bonds is 4. The summed E-state index contributed by atoms with van der Waals surface area (Å²) >= 11 is 0. The number of anilines is 2. The number of nitrogens with zero attached hydrogens (tertiary/aromatic N) is 2. The van der Waals surface area contributed by atoms with Crippen molar-refractivity contribution < 1.29 is 4.74 Å². The van der Waals surface area contributed by atoms with Crippen molar-refractivity contribution in [1.29, 1.82) is 0 Å². The highest BCUT2D eigenvalue weighted by Crippen LogP contribution is 2.25. The van der Waals surface area contributed by atoms with Gasteiger partial charge in [-0.15, -0.1) is 0 Å². The molecule has 1 aliphatic rings. The van der Waals surface area contributed by atoms with E-state index in [0.717, 1.165) is 55.1 Å². The number of aromatic nitrogens is 2. The number of nitrogens with two attached hydrogens (primary N) is 1. The molecule has 6 heteroatoms. The molecule has 1 aliphatic heterocycles. The maximum absolute atomic E-state index is 6.09. The van der Waals surface area contributed by atoms with Gasteiger partial charge in [0.1, 0.15) is 0 Å². The highest BCUT2D eigenvalue weighted by atomic mass is 16.5. The molecule has 2 heterocycles. The fourth-order valence-electron chi connectivity index (χ4n) is 2.62. The van der Waals surface area contributed by atoms with Gasteiger partial charge >= 0.3 is 0 Å². The van der Waals surface area contributed by atoms with E-state index in [-0.39, 0.29) is 0 Å². The second-order valence-corrected chi connectivity index (χ2v) is 5.36. The monoisotopic (exact) mass is 275 g/mol. The topological polar surface area (TPSA) is 79.2 Å². The Kier molecular flexibility index (Phi) is 3.75. The molecule has 0 spiro atoms. The van der Waals surface area contributed by atoms with Crippen LogP contribution in [0.3, 0.4) is 0 Å². The number of H-pyrrole nitrogens is 1. The average molecular weight is 275 g/mol. The summed E-state index contributed by atoms with van der Waals surface area (Å²) in [6.07, 6.45) is 1.78. The number of nitrogens with one attached hydrogen (secondary N) is 2. The number of aromatic amines is 1. The van der Waals surface area contributed by atoms with Crippen molar-refractivity contribution in [1.82, 2.24) is 15.1 Å². The first kappa shape index (κ1) is 13.2. The second-order valence-electron chi connectivity index (χ2n) is 5.36. The predicted octanol–water partition coefficient (Wildman–Crippen LogP) is 1.28. The van der Waals surface area contributed by atoms with Crippen molar-refractivity contribution in [2.75, 3.05) is 43.9 Å². The van der Waals surface area contributed by atoms with Gasteiger partial charge in [0, 0.05) is 31.1 Å². The summed E-state index contributed by atoms with van der Waals surface area (Å²) in [7, 11) is 0. The zero-order valence-corrected chi connectivity index (χ0v) is 11.7. The quantitative estimate of drug-likeness (QED) is 0.733. The van der Waals surface area contributed by atoms with Crippen LogP contribution in [0.5, 0.6) is 0 Å². The van der Waals surface area contributed by atoms with Gasteiger partial charge in [0.05, 0.1) is 36.3 Å². The number of fused-ring (bicyclic) bond motifs is 1. The molecule has 108 valence electrons. The van der Waals surface area contributed by atoms with Gasteiger partial charge in [0.25, 0.3) is 0 Å². The van der Waals surface area contributed by atoms with E-state index in [0.29, 0.717) is 6.04 Å². The molecule has 0 amide bonds. The highest BCUT2D eigenvalue weighted by molar-refractivity contribution is 5.88. The number of hydrogen-bond donors (Lipinski definition) is 3. The molecular weight excluding hydrogens is 254 g/mol. The number of nitrogen functional groups attached to an aromatic ring is 1. The van der Waals surface area contributed by atoms with Crippen LogP contribution in [0.1, 0.15) is 6.92 Å². The Bertz CT molecular complexity index is 576. The molecular formula is C14H21N5O. The first-order valence-electron chi connectivity index (χ1n) is 7.01. The van der Waals surface area contributed by atoms with Crippen LogP contribution < -0.4 is 11.1 Å². The SMILES string of the molecule is CC(CN1CCOCC1)Nc1cc2[nH]ncc2cc1N. The molecule has 0 saturated carbocycles. The summed E-state index contributed by atoms with van der Waals surface area (Å²) in [5.74, 6) is 0. The lowest BCUT2D eigenvalue weighted by atomic mass is 10.2. The molecule has 1 unspecified atom stereocenters. The Hall–Kier alpha value is -1.79. The molecule has 3 rings (SSSR count). The lowest BCUT2D eigenvalue weighted by Crippen LogP contribution is -2.42.